The van der Waals surface area contributed by atoms with Crippen molar-refractivity contribution in [3.63, 3.8) is 0 Å². The van der Waals surface area contributed by atoms with Crippen molar-refractivity contribution in [3.8, 4) is 0 Å². The van der Waals surface area contributed by atoms with E-state index in [0.29, 0.717) is 0 Å². The lowest BCUT2D eigenvalue weighted by Crippen LogP contribution is -2.21. The van der Waals surface area contributed by atoms with Crippen LogP contribution in [-0.4, -0.2) is 21.8 Å². The third-order valence-corrected chi connectivity index (χ3v) is 3.98. The molecule has 2 heterocycles. The molecule has 0 amide bonds. The Hall–Kier alpha value is -1.39. The fraction of sp³-hybridized carbons (Fsp3) is 0.467. The summed E-state index contributed by atoms with van der Waals surface area (Å²) in [4.78, 5) is 4.46. The van der Waals surface area contributed by atoms with Gasteiger partial charge in [-0.1, -0.05) is 11.6 Å². The van der Waals surface area contributed by atoms with Gasteiger partial charge >= 0.3 is 0 Å². The molecule has 2 aromatic rings. The van der Waals surface area contributed by atoms with Gasteiger partial charge in [0.2, 0.25) is 0 Å². The number of pyridine rings is 1. The lowest BCUT2D eigenvalue weighted by atomic mass is 10.1. The minimum absolute atomic E-state index is 0.133. The Kier molecular flexibility index (Phi) is 4.78. The summed E-state index contributed by atoms with van der Waals surface area (Å²) in [5.41, 5.74) is 4.19. The van der Waals surface area contributed by atoms with E-state index in [9.17, 15) is 0 Å². The van der Waals surface area contributed by atoms with Gasteiger partial charge in [0.15, 0.2) is 0 Å². The van der Waals surface area contributed by atoms with E-state index in [0.717, 1.165) is 35.1 Å². The highest BCUT2D eigenvalue weighted by Gasteiger charge is 2.19. The van der Waals surface area contributed by atoms with E-state index in [1.165, 1.54) is 5.56 Å². The molecule has 0 saturated heterocycles. The third kappa shape index (κ3) is 3.02. The molecule has 1 unspecified atom stereocenters. The Morgan fingerprint density at radius 1 is 1.40 bits per heavy atom. The molecule has 5 heteroatoms. The zero-order chi connectivity index (χ0) is 14.7. The number of hydrogen-bond acceptors (Lipinski definition) is 3. The van der Waals surface area contributed by atoms with Gasteiger partial charge < -0.3 is 5.32 Å². The number of nitrogens with one attached hydrogen (secondary N) is 1. The van der Waals surface area contributed by atoms with Gasteiger partial charge in [0, 0.05) is 19.2 Å². The van der Waals surface area contributed by atoms with E-state index in [4.69, 9.17) is 11.6 Å². The molecule has 0 bridgehead atoms. The van der Waals surface area contributed by atoms with E-state index in [-0.39, 0.29) is 6.04 Å². The number of aryl methyl sites for hydroxylation is 3. The first-order valence-electron chi connectivity index (χ1n) is 6.88. The molecule has 0 aliphatic carbocycles. The van der Waals surface area contributed by atoms with Crippen LogP contribution in [-0.2, 0) is 13.0 Å². The highest BCUT2D eigenvalue weighted by atomic mass is 35.5. The van der Waals surface area contributed by atoms with Crippen molar-refractivity contribution in [1.29, 1.82) is 0 Å². The molecule has 2 rings (SSSR count). The third-order valence-electron chi connectivity index (χ3n) is 3.49. The fourth-order valence-corrected chi connectivity index (χ4v) is 2.57. The molecule has 20 heavy (non-hydrogen) atoms. The molecule has 2 aromatic heterocycles. The summed E-state index contributed by atoms with van der Waals surface area (Å²) in [5, 5.41) is 8.55. The summed E-state index contributed by atoms with van der Waals surface area (Å²) in [7, 11) is 1.95. The van der Waals surface area contributed by atoms with Gasteiger partial charge in [0.05, 0.1) is 28.1 Å². The number of aromatic nitrogens is 3. The van der Waals surface area contributed by atoms with Gasteiger partial charge in [-0.05, 0) is 45.5 Å². The van der Waals surface area contributed by atoms with Crippen LogP contribution in [0.2, 0.25) is 5.02 Å². The summed E-state index contributed by atoms with van der Waals surface area (Å²) in [6, 6.07) is 4.24. The van der Waals surface area contributed by atoms with E-state index >= 15 is 0 Å². The van der Waals surface area contributed by atoms with E-state index in [2.05, 4.69) is 35.3 Å². The lowest BCUT2D eigenvalue weighted by molar-refractivity contribution is 0.531. The minimum atomic E-state index is 0.133. The number of likely N-dealkylation sites (N-methyl/N-ethyl adjacent to an activating group) is 1. The van der Waals surface area contributed by atoms with Crippen LogP contribution in [0.15, 0.2) is 18.3 Å². The zero-order valence-corrected chi connectivity index (χ0v) is 13.2. The molecule has 4 nitrogen and oxygen atoms in total. The Morgan fingerprint density at radius 3 is 2.75 bits per heavy atom. The van der Waals surface area contributed by atoms with E-state index in [1.807, 2.05) is 30.9 Å². The van der Waals surface area contributed by atoms with E-state index < -0.39 is 0 Å². The molecular weight excluding hydrogens is 272 g/mol. The minimum Gasteiger partial charge on any atom is -0.311 e. The highest BCUT2D eigenvalue weighted by molar-refractivity contribution is 6.31. The van der Waals surface area contributed by atoms with Crippen molar-refractivity contribution >= 4 is 11.6 Å². The first kappa shape index (κ1) is 15.0. The summed E-state index contributed by atoms with van der Waals surface area (Å²) in [6.45, 7) is 6.91. The Balaban J connectivity index is 2.31. The van der Waals surface area contributed by atoms with Crippen LogP contribution in [0.1, 0.15) is 35.6 Å². The number of halogens is 1. The summed E-state index contributed by atoms with van der Waals surface area (Å²) in [5.74, 6) is 0. The predicted octanol–water partition coefficient (Wildman–Crippen LogP) is 3.07. The molecule has 0 saturated carbocycles. The van der Waals surface area contributed by atoms with Crippen LogP contribution in [0.3, 0.4) is 0 Å². The summed E-state index contributed by atoms with van der Waals surface area (Å²) >= 11 is 6.38. The second kappa shape index (κ2) is 6.37. The molecule has 1 N–H and O–H groups in total. The van der Waals surface area contributed by atoms with Crippen LogP contribution in [0, 0.1) is 13.8 Å². The van der Waals surface area contributed by atoms with Crippen LogP contribution in [0.4, 0.5) is 0 Å². The maximum Gasteiger partial charge on any atom is 0.0847 e. The van der Waals surface area contributed by atoms with E-state index in [1.54, 1.807) is 0 Å². The van der Waals surface area contributed by atoms with Crippen LogP contribution in [0.25, 0.3) is 0 Å². The fourth-order valence-electron chi connectivity index (χ4n) is 2.36. The largest absolute Gasteiger partial charge is 0.311 e. The van der Waals surface area contributed by atoms with Crippen molar-refractivity contribution in [2.75, 3.05) is 7.05 Å². The van der Waals surface area contributed by atoms with Gasteiger partial charge in [-0.15, -0.1) is 0 Å². The van der Waals surface area contributed by atoms with Crippen molar-refractivity contribution in [2.24, 2.45) is 0 Å². The Bertz CT molecular complexity index is 592. The molecule has 0 spiro atoms. The molecule has 108 valence electrons. The first-order valence-corrected chi connectivity index (χ1v) is 7.26. The molecule has 0 fully saturated rings. The predicted molar refractivity (Wildman–Crippen MR) is 82.1 cm³/mol. The van der Waals surface area contributed by atoms with Gasteiger partial charge in [-0.25, -0.2) is 0 Å². The quantitative estimate of drug-likeness (QED) is 0.921. The van der Waals surface area contributed by atoms with Crippen LogP contribution >= 0.6 is 11.6 Å². The smallest absolute Gasteiger partial charge is 0.0847 e. The first-order chi connectivity index (χ1) is 9.56. The Morgan fingerprint density at radius 2 is 2.15 bits per heavy atom. The monoisotopic (exact) mass is 292 g/mol. The molecule has 0 radical (unpaired) electrons. The maximum atomic E-state index is 6.38. The lowest BCUT2D eigenvalue weighted by Gasteiger charge is -2.17. The van der Waals surface area contributed by atoms with Crippen molar-refractivity contribution < 1.29 is 0 Å². The average molecular weight is 293 g/mol. The van der Waals surface area contributed by atoms with Gasteiger partial charge in [0.25, 0.3) is 0 Å². The van der Waals surface area contributed by atoms with Crippen LogP contribution in [0.5, 0.6) is 0 Å². The van der Waals surface area contributed by atoms with Gasteiger partial charge in [0.1, 0.15) is 0 Å². The van der Waals surface area contributed by atoms with Crippen molar-refractivity contribution in [2.45, 2.75) is 39.8 Å². The van der Waals surface area contributed by atoms with Crippen molar-refractivity contribution in [3.05, 3.63) is 46.0 Å². The SMILES string of the molecule is CCn1nc(C)c(Cl)c1CC(NC)c1cc(C)ccn1. The maximum absolute atomic E-state index is 6.38. The number of nitrogens with zero attached hydrogens (tertiary/aromatic N) is 3. The Labute approximate surface area is 125 Å². The summed E-state index contributed by atoms with van der Waals surface area (Å²) < 4.78 is 1.97. The molecule has 0 aliphatic heterocycles. The number of hydrogen-bond donors (Lipinski definition) is 1. The second-order valence-electron chi connectivity index (χ2n) is 4.97. The molecule has 0 aliphatic rings. The zero-order valence-electron chi connectivity index (χ0n) is 12.4. The molecule has 1 atom stereocenters. The van der Waals surface area contributed by atoms with Crippen LogP contribution < -0.4 is 5.32 Å². The number of rotatable bonds is 5. The summed E-state index contributed by atoms with van der Waals surface area (Å²) in [6.07, 6.45) is 2.62. The standard InChI is InChI=1S/C15H21ClN4/c1-5-20-14(15(16)11(3)19-20)9-12(17-4)13-8-10(2)6-7-18-13/h6-8,12,17H,5,9H2,1-4H3. The highest BCUT2D eigenvalue weighted by Crippen LogP contribution is 2.25. The normalized spacial score (nSPS) is 12.7. The molecule has 0 aromatic carbocycles. The van der Waals surface area contributed by atoms with Gasteiger partial charge in [-0.3, -0.25) is 9.67 Å². The second-order valence-corrected chi connectivity index (χ2v) is 5.34. The topological polar surface area (TPSA) is 42.7 Å². The van der Waals surface area contributed by atoms with Gasteiger partial charge in [-0.2, -0.15) is 5.10 Å². The average Bonchev–Trinajstić information content (AvgIpc) is 2.71. The van der Waals surface area contributed by atoms with Crippen molar-refractivity contribution in [1.82, 2.24) is 20.1 Å². The molecular formula is C15H21ClN4.